The predicted molar refractivity (Wildman–Crippen MR) is 149 cm³/mol. The van der Waals surface area contributed by atoms with E-state index in [-0.39, 0.29) is 0 Å². The van der Waals surface area contributed by atoms with E-state index in [0.717, 1.165) is 54.8 Å². The van der Waals surface area contributed by atoms with Crippen molar-refractivity contribution < 1.29 is 9.84 Å². The molecule has 0 bridgehead atoms. The number of nitrogens with two attached hydrogens (primary N) is 1. The van der Waals surface area contributed by atoms with Gasteiger partial charge in [0.15, 0.2) is 0 Å². The van der Waals surface area contributed by atoms with Gasteiger partial charge >= 0.3 is 0 Å². The molecular formula is C32H40N2O2. The first-order valence-electron chi connectivity index (χ1n) is 13.6. The minimum absolute atomic E-state index is 0.337. The van der Waals surface area contributed by atoms with Crippen LogP contribution in [0.4, 0.5) is 5.69 Å². The number of anilines is 1. The molecule has 3 aromatic carbocycles. The minimum Gasteiger partial charge on any atom is -0.507 e. The predicted octanol–water partition coefficient (Wildman–Crippen LogP) is 6.39. The highest BCUT2D eigenvalue weighted by Gasteiger charge is 2.22. The van der Waals surface area contributed by atoms with Crippen LogP contribution >= 0.6 is 0 Å². The fraction of sp³-hybridized carbons (Fsp3) is 0.438. The van der Waals surface area contributed by atoms with Gasteiger partial charge in [-0.1, -0.05) is 43.3 Å². The maximum atomic E-state index is 11.0. The number of phenolic OH excluding ortho intramolecular Hbond substituents is 1. The number of likely N-dealkylation sites (tertiary alicyclic amines) is 1. The van der Waals surface area contributed by atoms with Gasteiger partial charge in [-0.15, -0.1) is 0 Å². The lowest BCUT2D eigenvalue weighted by molar-refractivity contribution is 0.194. The van der Waals surface area contributed by atoms with Crippen LogP contribution < -0.4 is 10.5 Å². The Morgan fingerprint density at radius 3 is 2.42 bits per heavy atom. The number of phenols is 1. The summed E-state index contributed by atoms with van der Waals surface area (Å²) in [5, 5.41) is 11.0. The molecule has 190 valence electrons. The van der Waals surface area contributed by atoms with E-state index in [1.165, 1.54) is 54.6 Å². The highest BCUT2D eigenvalue weighted by atomic mass is 16.5. The first-order valence-corrected chi connectivity index (χ1v) is 13.6. The molecule has 2 aliphatic rings. The van der Waals surface area contributed by atoms with Crippen molar-refractivity contribution in [2.75, 3.05) is 32.5 Å². The Morgan fingerprint density at radius 1 is 0.944 bits per heavy atom. The van der Waals surface area contributed by atoms with Crippen LogP contribution in [0.1, 0.15) is 60.4 Å². The summed E-state index contributed by atoms with van der Waals surface area (Å²) in [5.41, 5.74) is 15.5. The maximum absolute atomic E-state index is 11.0. The standard InChI is InChI=1S/C32H40N2O2/c1-22-15-18-34(19-16-22)20-17-23-7-9-24(10-8-23)21-28-27(12-14-30(36-2)32(28)33)31-26-6-4-3-5-25(26)11-13-29(31)35/h7-14,22,35H,3-6,15-21,33H2,1-2H3. The number of benzene rings is 3. The summed E-state index contributed by atoms with van der Waals surface area (Å²) in [5.74, 6) is 1.90. The molecule has 1 aliphatic carbocycles. The molecule has 3 aromatic rings. The minimum atomic E-state index is 0.337. The maximum Gasteiger partial charge on any atom is 0.142 e. The number of nitrogen functional groups attached to an aromatic ring is 1. The van der Waals surface area contributed by atoms with Crippen molar-refractivity contribution in [3.8, 4) is 22.6 Å². The Bertz CT molecular complexity index is 1190. The van der Waals surface area contributed by atoms with Gasteiger partial charge in [0.25, 0.3) is 0 Å². The first-order chi connectivity index (χ1) is 17.5. The van der Waals surface area contributed by atoms with E-state index in [0.29, 0.717) is 23.6 Å². The van der Waals surface area contributed by atoms with Gasteiger partial charge in [0.2, 0.25) is 0 Å². The monoisotopic (exact) mass is 484 g/mol. The Labute approximate surface area is 216 Å². The number of piperidine rings is 1. The fourth-order valence-electron chi connectivity index (χ4n) is 5.96. The Hall–Kier alpha value is -2.98. The molecule has 0 spiro atoms. The molecule has 0 radical (unpaired) electrons. The van der Waals surface area contributed by atoms with Crippen molar-refractivity contribution in [1.29, 1.82) is 0 Å². The van der Waals surface area contributed by atoms with Gasteiger partial charge in [-0.05, 0) is 109 Å². The lowest BCUT2D eigenvalue weighted by atomic mass is 9.83. The number of aryl methyl sites for hydroxylation is 1. The molecule has 0 unspecified atom stereocenters. The first kappa shape index (κ1) is 24.7. The van der Waals surface area contributed by atoms with E-state index < -0.39 is 0 Å². The lowest BCUT2D eigenvalue weighted by Crippen LogP contribution is -2.34. The highest BCUT2D eigenvalue weighted by Crippen LogP contribution is 2.43. The number of hydrogen-bond donors (Lipinski definition) is 2. The quantitative estimate of drug-likeness (QED) is 0.381. The Morgan fingerprint density at radius 2 is 1.67 bits per heavy atom. The molecule has 36 heavy (non-hydrogen) atoms. The molecule has 1 fully saturated rings. The number of aromatic hydroxyl groups is 1. The molecule has 0 aromatic heterocycles. The van der Waals surface area contributed by atoms with Crippen molar-refractivity contribution in [1.82, 2.24) is 4.90 Å². The molecular weight excluding hydrogens is 444 g/mol. The van der Waals surface area contributed by atoms with Gasteiger partial charge in [-0.2, -0.15) is 0 Å². The van der Waals surface area contributed by atoms with Crippen LogP contribution in [-0.4, -0.2) is 36.8 Å². The summed E-state index contributed by atoms with van der Waals surface area (Å²) in [6, 6.07) is 16.9. The second-order valence-electron chi connectivity index (χ2n) is 10.8. The largest absolute Gasteiger partial charge is 0.507 e. The topological polar surface area (TPSA) is 58.7 Å². The molecule has 3 N–H and O–H groups in total. The van der Waals surface area contributed by atoms with E-state index in [9.17, 15) is 5.11 Å². The number of hydrogen-bond acceptors (Lipinski definition) is 4. The smallest absolute Gasteiger partial charge is 0.142 e. The highest BCUT2D eigenvalue weighted by molar-refractivity contribution is 5.83. The molecule has 4 nitrogen and oxygen atoms in total. The third-order valence-electron chi connectivity index (χ3n) is 8.31. The van der Waals surface area contributed by atoms with Gasteiger partial charge in [-0.25, -0.2) is 0 Å². The average Bonchev–Trinajstić information content (AvgIpc) is 2.90. The van der Waals surface area contributed by atoms with E-state index in [4.69, 9.17) is 10.5 Å². The third kappa shape index (κ3) is 5.24. The third-order valence-corrected chi connectivity index (χ3v) is 8.31. The number of ether oxygens (including phenoxy) is 1. The van der Waals surface area contributed by atoms with Crippen molar-refractivity contribution in [2.45, 2.75) is 58.3 Å². The van der Waals surface area contributed by atoms with Gasteiger partial charge in [0.1, 0.15) is 11.5 Å². The van der Waals surface area contributed by atoms with Crippen molar-refractivity contribution in [2.24, 2.45) is 5.92 Å². The SMILES string of the molecule is COc1ccc(-c2c(O)ccc3c2CCCC3)c(Cc2ccc(CCN3CCC(C)CC3)cc2)c1N. The van der Waals surface area contributed by atoms with Gasteiger partial charge in [0.05, 0.1) is 12.8 Å². The molecule has 1 saturated heterocycles. The van der Waals surface area contributed by atoms with Crippen molar-refractivity contribution >= 4 is 5.69 Å². The van der Waals surface area contributed by atoms with Crippen LogP contribution in [0.3, 0.4) is 0 Å². The molecule has 1 heterocycles. The van der Waals surface area contributed by atoms with Crippen molar-refractivity contribution in [3.63, 3.8) is 0 Å². The summed E-state index contributed by atoms with van der Waals surface area (Å²) in [6.07, 6.45) is 8.86. The zero-order chi connectivity index (χ0) is 25.1. The Balaban J connectivity index is 1.40. The van der Waals surface area contributed by atoms with E-state index in [1.807, 2.05) is 12.1 Å². The Kier molecular flexibility index (Phi) is 7.52. The summed E-state index contributed by atoms with van der Waals surface area (Å²) in [7, 11) is 1.66. The number of rotatable bonds is 7. The van der Waals surface area contributed by atoms with Gasteiger partial charge in [-0.3, -0.25) is 0 Å². The zero-order valence-corrected chi connectivity index (χ0v) is 21.9. The summed E-state index contributed by atoms with van der Waals surface area (Å²) in [6.45, 7) is 5.96. The van der Waals surface area contributed by atoms with E-state index >= 15 is 0 Å². The van der Waals surface area contributed by atoms with E-state index in [2.05, 4.69) is 48.2 Å². The second-order valence-corrected chi connectivity index (χ2v) is 10.8. The molecule has 5 rings (SSSR count). The number of fused-ring (bicyclic) bond motifs is 1. The molecule has 4 heteroatoms. The van der Waals surface area contributed by atoms with Crippen molar-refractivity contribution in [3.05, 3.63) is 76.3 Å². The summed E-state index contributed by atoms with van der Waals surface area (Å²) < 4.78 is 5.58. The van der Waals surface area contributed by atoms with E-state index in [1.54, 1.807) is 7.11 Å². The second kappa shape index (κ2) is 11.0. The van der Waals surface area contributed by atoms with Gasteiger partial charge in [0, 0.05) is 18.5 Å². The lowest BCUT2D eigenvalue weighted by Gasteiger charge is -2.30. The van der Waals surface area contributed by atoms with Gasteiger partial charge < -0.3 is 20.5 Å². The fourth-order valence-corrected chi connectivity index (χ4v) is 5.96. The molecule has 0 atom stereocenters. The molecule has 0 amide bonds. The summed E-state index contributed by atoms with van der Waals surface area (Å²) in [4.78, 5) is 2.60. The molecule has 1 aliphatic heterocycles. The van der Waals surface area contributed by atoms with Crippen LogP contribution in [0.5, 0.6) is 11.5 Å². The van der Waals surface area contributed by atoms with Crippen LogP contribution in [0.15, 0.2) is 48.5 Å². The molecule has 0 saturated carbocycles. The van der Waals surface area contributed by atoms with Crippen LogP contribution in [0.2, 0.25) is 0 Å². The normalized spacial score (nSPS) is 16.6. The average molecular weight is 485 g/mol. The zero-order valence-electron chi connectivity index (χ0n) is 21.9. The van der Waals surface area contributed by atoms with Crippen LogP contribution in [0, 0.1) is 5.92 Å². The number of nitrogens with zero attached hydrogens (tertiary/aromatic N) is 1. The summed E-state index contributed by atoms with van der Waals surface area (Å²) >= 11 is 0. The number of methoxy groups -OCH3 is 1. The van der Waals surface area contributed by atoms with Crippen LogP contribution in [-0.2, 0) is 25.7 Å². The van der Waals surface area contributed by atoms with Crippen LogP contribution in [0.25, 0.3) is 11.1 Å².